The first kappa shape index (κ1) is 24.6. The van der Waals surface area contributed by atoms with Crippen LogP contribution in [0.5, 0.6) is 0 Å². The Kier molecular flexibility index (Phi) is 7.21. The van der Waals surface area contributed by atoms with E-state index in [0.29, 0.717) is 27.7 Å². The van der Waals surface area contributed by atoms with E-state index < -0.39 is 23.7 Å². The molecule has 4 rings (SSSR count). The van der Waals surface area contributed by atoms with Crippen LogP contribution in [0.1, 0.15) is 45.6 Å². The Morgan fingerprint density at radius 1 is 1.09 bits per heavy atom. The van der Waals surface area contributed by atoms with Crippen molar-refractivity contribution in [3.63, 3.8) is 0 Å². The van der Waals surface area contributed by atoms with Crippen molar-refractivity contribution in [2.45, 2.75) is 24.7 Å². The van der Waals surface area contributed by atoms with Gasteiger partial charge in [-0.25, -0.2) is 0 Å². The molecule has 1 aliphatic rings. The minimum atomic E-state index is -4.56. The maximum Gasteiger partial charge on any atom is 0.416 e. The number of rotatable bonds is 5. The minimum Gasteiger partial charge on any atom is -0.340 e. The number of amides is 1. The highest BCUT2D eigenvalue weighted by molar-refractivity contribution is 9.10. The molecule has 176 valence electrons. The number of carbonyl (C=O) groups excluding carboxylic acids is 1. The van der Waals surface area contributed by atoms with Crippen molar-refractivity contribution in [1.29, 1.82) is 0 Å². The van der Waals surface area contributed by atoms with Gasteiger partial charge in [-0.3, -0.25) is 4.79 Å². The summed E-state index contributed by atoms with van der Waals surface area (Å²) in [6.45, 7) is 0. The molecular weight excluding hydrogens is 554 g/mol. The van der Waals surface area contributed by atoms with E-state index in [1.54, 1.807) is 12.1 Å². The number of nitrogens with one attached hydrogen (secondary N) is 2. The highest BCUT2D eigenvalue weighted by atomic mass is 79.9. The average Bonchev–Trinajstić information content (AvgIpc) is 3.28. The Balaban J connectivity index is 1.63. The van der Waals surface area contributed by atoms with Crippen LogP contribution in [0.2, 0.25) is 10.0 Å². The second kappa shape index (κ2) is 9.98. The number of carbonyl (C=O) groups is 1. The fourth-order valence-electron chi connectivity index (χ4n) is 3.66. The van der Waals surface area contributed by atoms with Crippen LogP contribution < -0.4 is 10.7 Å². The molecule has 1 aliphatic heterocycles. The van der Waals surface area contributed by atoms with Crippen LogP contribution in [0.15, 0.2) is 76.3 Å². The fourth-order valence-corrected chi connectivity index (χ4v) is 4.44. The molecule has 3 aromatic rings. The van der Waals surface area contributed by atoms with Crippen LogP contribution in [0.25, 0.3) is 0 Å². The molecule has 0 aromatic heterocycles. The number of hydrogen-bond donors (Lipinski definition) is 2. The van der Waals surface area contributed by atoms with Crippen LogP contribution in [-0.4, -0.2) is 11.6 Å². The number of benzene rings is 3. The number of hydrogen-bond acceptors (Lipinski definition) is 3. The van der Waals surface area contributed by atoms with Gasteiger partial charge in [0.25, 0.3) is 5.91 Å². The highest BCUT2D eigenvalue weighted by Crippen LogP contribution is 2.33. The molecular formula is C24H17BrCl2F3N3O. The molecule has 2 atom stereocenters. The number of alkyl halides is 3. The van der Waals surface area contributed by atoms with E-state index in [4.69, 9.17) is 23.2 Å². The van der Waals surface area contributed by atoms with Crippen LogP contribution in [0.3, 0.4) is 0 Å². The molecule has 1 heterocycles. The summed E-state index contributed by atoms with van der Waals surface area (Å²) in [5.41, 5.74) is 4.14. The van der Waals surface area contributed by atoms with Crippen molar-refractivity contribution in [3.05, 3.63) is 104 Å². The maximum atomic E-state index is 13.1. The lowest BCUT2D eigenvalue weighted by Crippen LogP contribution is -2.34. The van der Waals surface area contributed by atoms with Crippen molar-refractivity contribution in [1.82, 2.24) is 10.7 Å². The van der Waals surface area contributed by atoms with Gasteiger partial charge in [0.1, 0.15) is 0 Å². The third-order valence-corrected chi connectivity index (χ3v) is 6.47. The Bertz CT molecular complexity index is 1250. The fraction of sp³-hybridized carbons (Fsp3) is 0.167. The summed E-state index contributed by atoms with van der Waals surface area (Å²) in [4.78, 5) is 13.0. The van der Waals surface area contributed by atoms with Crippen LogP contribution >= 0.6 is 39.1 Å². The monoisotopic (exact) mass is 569 g/mol. The second-order valence-electron chi connectivity index (χ2n) is 7.69. The highest BCUT2D eigenvalue weighted by Gasteiger charge is 2.33. The Morgan fingerprint density at radius 2 is 1.82 bits per heavy atom. The molecule has 2 N–H and O–H groups in total. The molecule has 0 spiro atoms. The molecule has 0 aliphatic carbocycles. The molecule has 3 aromatic carbocycles. The van der Waals surface area contributed by atoms with Crippen molar-refractivity contribution in [2.75, 3.05) is 0 Å². The predicted octanol–water partition coefficient (Wildman–Crippen LogP) is 7.34. The van der Waals surface area contributed by atoms with Gasteiger partial charge < -0.3 is 10.7 Å². The molecule has 0 saturated carbocycles. The molecule has 4 nitrogen and oxygen atoms in total. The van der Waals surface area contributed by atoms with Crippen molar-refractivity contribution >= 4 is 50.8 Å². The zero-order valence-corrected chi connectivity index (χ0v) is 20.4. The van der Waals surface area contributed by atoms with Gasteiger partial charge >= 0.3 is 6.18 Å². The summed E-state index contributed by atoms with van der Waals surface area (Å²) in [6, 6.07) is 15.9. The van der Waals surface area contributed by atoms with Crippen molar-refractivity contribution in [3.8, 4) is 0 Å². The van der Waals surface area contributed by atoms with Gasteiger partial charge in [0.2, 0.25) is 0 Å². The number of nitrogens with zero attached hydrogens (tertiary/aromatic N) is 1. The van der Waals surface area contributed by atoms with E-state index in [1.807, 2.05) is 24.3 Å². The summed E-state index contributed by atoms with van der Waals surface area (Å²) in [5.74, 6) is -0.683. The lowest BCUT2D eigenvalue weighted by Gasteiger charge is -2.21. The maximum absolute atomic E-state index is 13.1. The standard InChI is InChI=1S/C24H17BrCl2F3N3O/c25-16-6-4-13(5-7-16)20-12-21(33-32-20)22(18-9-8-17(26)11-19(18)27)31-23(34)14-2-1-3-15(10-14)24(28,29)30/h1-11,20,22,32H,12H2,(H,31,34). The Morgan fingerprint density at radius 3 is 2.50 bits per heavy atom. The molecule has 2 unspecified atom stereocenters. The van der Waals surface area contributed by atoms with Crippen LogP contribution in [-0.2, 0) is 6.18 Å². The minimum absolute atomic E-state index is 0.124. The van der Waals surface area contributed by atoms with E-state index in [1.165, 1.54) is 18.2 Å². The quantitative estimate of drug-likeness (QED) is 0.337. The summed E-state index contributed by atoms with van der Waals surface area (Å²) in [6.07, 6.45) is -4.11. The Hall–Kier alpha value is -2.55. The van der Waals surface area contributed by atoms with Crippen LogP contribution in [0.4, 0.5) is 13.2 Å². The average molecular weight is 571 g/mol. The van der Waals surface area contributed by atoms with Gasteiger partial charge in [0.05, 0.1) is 23.4 Å². The summed E-state index contributed by atoms with van der Waals surface area (Å²) in [5, 5.41) is 7.94. The molecule has 0 fully saturated rings. The SMILES string of the molecule is O=C(NC(C1=NNC(c2ccc(Br)cc2)C1)c1ccc(Cl)cc1Cl)c1cccc(C(F)(F)F)c1. The largest absolute Gasteiger partial charge is 0.416 e. The lowest BCUT2D eigenvalue weighted by atomic mass is 9.95. The van der Waals surface area contributed by atoms with E-state index in [-0.39, 0.29) is 11.6 Å². The number of hydrazone groups is 1. The van der Waals surface area contributed by atoms with E-state index >= 15 is 0 Å². The summed E-state index contributed by atoms with van der Waals surface area (Å²) < 4.78 is 40.3. The van der Waals surface area contributed by atoms with Gasteiger partial charge in [0.15, 0.2) is 0 Å². The smallest absolute Gasteiger partial charge is 0.340 e. The molecule has 10 heteroatoms. The van der Waals surface area contributed by atoms with E-state index in [9.17, 15) is 18.0 Å². The van der Waals surface area contributed by atoms with Gasteiger partial charge in [-0.2, -0.15) is 18.3 Å². The molecule has 34 heavy (non-hydrogen) atoms. The third kappa shape index (κ3) is 5.56. The lowest BCUT2D eigenvalue weighted by molar-refractivity contribution is -0.137. The van der Waals surface area contributed by atoms with Gasteiger partial charge in [-0.15, -0.1) is 0 Å². The first-order chi connectivity index (χ1) is 16.1. The Labute approximate surface area is 212 Å². The second-order valence-corrected chi connectivity index (χ2v) is 9.45. The summed E-state index contributed by atoms with van der Waals surface area (Å²) in [7, 11) is 0. The molecule has 0 bridgehead atoms. The zero-order chi connectivity index (χ0) is 24.5. The van der Waals surface area contributed by atoms with Gasteiger partial charge in [-0.05, 0) is 53.6 Å². The van der Waals surface area contributed by atoms with Crippen LogP contribution in [0, 0.1) is 0 Å². The molecule has 0 saturated heterocycles. The van der Waals surface area contributed by atoms with Gasteiger partial charge in [0, 0.05) is 26.5 Å². The third-order valence-electron chi connectivity index (χ3n) is 5.38. The molecule has 0 radical (unpaired) electrons. The summed E-state index contributed by atoms with van der Waals surface area (Å²) >= 11 is 15.9. The normalized spacial score (nSPS) is 16.5. The van der Waals surface area contributed by atoms with E-state index in [2.05, 4.69) is 31.8 Å². The molecule has 1 amide bonds. The van der Waals surface area contributed by atoms with E-state index in [0.717, 1.165) is 22.2 Å². The first-order valence-electron chi connectivity index (χ1n) is 10.1. The van der Waals surface area contributed by atoms with Crippen molar-refractivity contribution < 1.29 is 18.0 Å². The zero-order valence-electron chi connectivity index (χ0n) is 17.3. The topological polar surface area (TPSA) is 53.5 Å². The first-order valence-corrected chi connectivity index (χ1v) is 11.7. The van der Waals surface area contributed by atoms with Crippen molar-refractivity contribution in [2.24, 2.45) is 5.10 Å². The predicted molar refractivity (Wildman–Crippen MR) is 130 cm³/mol. The van der Waals surface area contributed by atoms with Gasteiger partial charge in [-0.1, -0.05) is 63.4 Å². The number of halogens is 6.